The molecule has 1 heterocycles. The number of carboxylic acid groups (broad SMARTS) is 1. The van der Waals surface area contributed by atoms with E-state index in [1.165, 1.54) is 30.5 Å². The van der Waals surface area contributed by atoms with Gasteiger partial charge in [-0.05, 0) is 23.8 Å². The van der Waals surface area contributed by atoms with Crippen LogP contribution in [-0.4, -0.2) is 21.0 Å². The molecule has 108 valence electrons. The number of carboxylic acids is 1. The fourth-order valence-corrected chi connectivity index (χ4v) is 1.85. The summed E-state index contributed by atoms with van der Waals surface area (Å²) in [6.07, 6.45) is 1.24. The van der Waals surface area contributed by atoms with Crippen LogP contribution in [0.15, 0.2) is 36.5 Å². The lowest BCUT2D eigenvalue weighted by Gasteiger charge is -2.07. The molecule has 0 atom stereocenters. The van der Waals surface area contributed by atoms with Gasteiger partial charge in [-0.1, -0.05) is 11.6 Å². The number of carbonyl (C=O) groups is 1. The Morgan fingerprint density at radius 2 is 2.14 bits per heavy atom. The Morgan fingerprint density at radius 1 is 1.38 bits per heavy atom. The average molecular weight is 308 g/mol. The number of non-ortho nitro benzene ring substituents is 1. The molecule has 2 aromatic rings. The summed E-state index contributed by atoms with van der Waals surface area (Å²) in [7, 11) is 0. The van der Waals surface area contributed by atoms with E-state index in [2.05, 4.69) is 10.3 Å². The van der Waals surface area contributed by atoms with Gasteiger partial charge in [0.2, 0.25) is 0 Å². The molecule has 0 unspecified atom stereocenters. The molecule has 0 saturated heterocycles. The van der Waals surface area contributed by atoms with Gasteiger partial charge in [0.1, 0.15) is 5.82 Å². The maximum atomic E-state index is 10.7. The number of pyridine rings is 1. The second kappa shape index (κ2) is 6.19. The Balaban J connectivity index is 2.06. The van der Waals surface area contributed by atoms with Crippen LogP contribution in [-0.2, 0) is 6.54 Å². The van der Waals surface area contributed by atoms with Gasteiger partial charge in [-0.2, -0.15) is 0 Å². The number of aromatic nitrogens is 1. The zero-order chi connectivity index (χ0) is 15.4. The second-order valence-electron chi connectivity index (χ2n) is 4.12. The number of aromatic carboxylic acids is 1. The van der Waals surface area contributed by atoms with Crippen LogP contribution in [0.1, 0.15) is 15.9 Å². The highest BCUT2D eigenvalue weighted by Gasteiger charge is 2.09. The minimum absolute atomic E-state index is 0.0762. The maximum absolute atomic E-state index is 10.7. The number of nitro benzene ring substituents is 1. The van der Waals surface area contributed by atoms with Gasteiger partial charge in [-0.15, -0.1) is 0 Å². The molecule has 2 rings (SSSR count). The molecule has 0 bridgehead atoms. The molecule has 0 fully saturated rings. The third-order valence-electron chi connectivity index (χ3n) is 2.72. The number of anilines is 1. The van der Waals surface area contributed by atoms with Gasteiger partial charge in [0, 0.05) is 24.9 Å². The summed E-state index contributed by atoms with van der Waals surface area (Å²) in [5.74, 6) is -0.568. The summed E-state index contributed by atoms with van der Waals surface area (Å²) < 4.78 is 0. The minimum atomic E-state index is -1.05. The molecule has 1 aromatic carbocycles. The van der Waals surface area contributed by atoms with Crippen LogP contribution in [0.4, 0.5) is 11.5 Å². The lowest BCUT2D eigenvalue weighted by Crippen LogP contribution is -2.04. The molecular formula is C13H10ClN3O4. The lowest BCUT2D eigenvalue weighted by molar-refractivity contribution is -0.384. The number of hydrogen-bond donors (Lipinski definition) is 2. The first-order valence-corrected chi connectivity index (χ1v) is 6.21. The van der Waals surface area contributed by atoms with E-state index < -0.39 is 10.9 Å². The van der Waals surface area contributed by atoms with E-state index >= 15 is 0 Å². The summed E-state index contributed by atoms with van der Waals surface area (Å²) in [4.78, 5) is 24.7. The molecule has 0 radical (unpaired) electrons. The quantitative estimate of drug-likeness (QED) is 0.650. The zero-order valence-electron chi connectivity index (χ0n) is 10.6. The molecule has 8 heteroatoms. The van der Waals surface area contributed by atoms with Crippen molar-refractivity contribution in [1.82, 2.24) is 4.98 Å². The molecule has 0 saturated carbocycles. The Morgan fingerprint density at radius 3 is 2.67 bits per heavy atom. The van der Waals surface area contributed by atoms with E-state index in [9.17, 15) is 14.9 Å². The minimum Gasteiger partial charge on any atom is -0.478 e. The third kappa shape index (κ3) is 3.67. The van der Waals surface area contributed by atoms with Gasteiger partial charge >= 0.3 is 5.97 Å². The summed E-state index contributed by atoms with van der Waals surface area (Å²) in [5, 5.41) is 22.6. The average Bonchev–Trinajstić information content (AvgIpc) is 2.46. The van der Waals surface area contributed by atoms with Crippen LogP contribution in [0.2, 0.25) is 5.02 Å². The molecule has 0 spiro atoms. The fourth-order valence-electron chi connectivity index (χ4n) is 1.60. The van der Waals surface area contributed by atoms with E-state index in [0.29, 0.717) is 17.9 Å². The van der Waals surface area contributed by atoms with Crippen molar-refractivity contribution in [3.05, 3.63) is 62.8 Å². The lowest BCUT2D eigenvalue weighted by atomic mass is 10.2. The Labute approximate surface area is 124 Å². The number of nitrogens with one attached hydrogen (secondary N) is 1. The van der Waals surface area contributed by atoms with Gasteiger partial charge in [-0.3, -0.25) is 10.1 Å². The SMILES string of the molecule is O=C(O)c1ccc(NCc2ccc([N+](=O)[O-])cc2Cl)nc1. The second-order valence-corrected chi connectivity index (χ2v) is 4.53. The fraction of sp³-hybridized carbons (Fsp3) is 0.0769. The molecule has 2 N–H and O–H groups in total. The number of rotatable bonds is 5. The molecule has 21 heavy (non-hydrogen) atoms. The predicted octanol–water partition coefficient (Wildman–Crippen LogP) is 2.95. The highest BCUT2D eigenvalue weighted by molar-refractivity contribution is 6.31. The molecule has 0 aliphatic rings. The first-order valence-electron chi connectivity index (χ1n) is 5.83. The van der Waals surface area contributed by atoms with Crippen molar-refractivity contribution in [3.63, 3.8) is 0 Å². The molecule has 7 nitrogen and oxygen atoms in total. The van der Waals surface area contributed by atoms with Crippen LogP contribution in [0.5, 0.6) is 0 Å². The summed E-state index contributed by atoms with van der Waals surface area (Å²) >= 11 is 5.96. The van der Waals surface area contributed by atoms with Crippen molar-refractivity contribution >= 4 is 29.1 Å². The first-order chi connectivity index (χ1) is 9.97. The smallest absolute Gasteiger partial charge is 0.337 e. The van der Waals surface area contributed by atoms with E-state index in [1.54, 1.807) is 6.07 Å². The molecule has 0 amide bonds. The largest absolute Gasteiger partial charge is 0.478 e. The number of benzene rings is 1. The number of nitrogens with zero attached hydrogens (tertiary/aromatic N) is 2. The van der Waals surface area contributed by atoms with Crippen molar-refractivity contribution in [3.8, 4) is 0 Å². The van der Waals surface area contributed by atoms with Crippen molar-refractivity contribution < 1.29 is 14.8 Å². The highest BCUT2D eigenvalue weighted by Crippen LogP contribution is 2.23. The number of hydrogen-bond acceptors (Lipinski definition) is 5. The van der Waals surface area contributed by atoms with E-state index in [-0.39, 0.29) is 16.3 Å². The summed E-state index contributed by atoms with van der Waals surface area (Å²) in [5.41, 5.74) is 0.688. The highest BCUT2D eigenvalue weighted by atomic mass is 35.5. The van der Waals surface area contributed by atoms with Crippen molar-refractivity contribution in [2.45, 2.75) is 6.54 Å². The zero-order valence-corrected chi connectivity index (χ0v) is 11.4. The Kier molecular flexibility index (Phi) is 4.34. The van der Waals surface area contributed by atoms with Crippen LogP contribution in [0, 0.1) is 10.1 Å². The van der Waals surface area contributed by atoms with E-state index in [0.717, 1.165) is 0 Å². The topological polar surface area (TPSA) is 105 Å². The van der Waals surface area contributed by atoms with Gasteiger partial charge in [0.05, 0.1) is 15.5 Å². The Bertz CT molecular complexity index is 688. The first kappa shape index (κ1) is 14.7. The van der Waals surface area contributed by atoms with Gasteiger partial charge in [0.25, 0.3) is 5.69 Å². The molecular weight excluding hydrogens is 298 g/mol. The van der Waals surface area contributed by atoms with Crippen molar-refractivity contribution in [1.29, 1.82) is 0 Å². The van der Waals surface area contributed by atoms with Crippen LogP contribution in [0.3, 0.4) is 0 Å². The monoisotopic (exact) mass is 307 g/mol. The third-order valence-corrected chi connectivity index (χ3v) is 3.07. The number of nitro groups is 1. The number of halogens is 1. The molecule has 0 aliphatic carbocycles. The van der Waals surface area contributed by atoms with Crippen molar-refractivity contribution in [2.24, 2.45) is 0 Å². The van der Waals surface area contributed by atoms with Gasteiger partial charge in [0.15, 0.2) is 0 Å². The molecule has 0 aliphatic heterocycles. The van der Waals surface area contributed by atoms with Gasteiger partial charge < -0.3 is 10.4 Å². The van der Waals surface area contributed by atoms with Crippen molar-refractivity contribution in [2.75, 3.05) is 5.32 Å². The standard InChI is InChI=1S/C13H10ClN3O4/c14-11-5-10(17(20)21)3-1-8(11)6-15-12-4-2-9(7-16-12)13(18)19/h1-5,7H,6H2,(H,15,16)(H,18,19). The predicted molar refractivity (Wildman–Crippen MR) is 76.6 cm³/mol. The Hall–Kier alpha value is -2.67. The van der Waals surface area contributed by atoms with E-state index in [1.807, 2.05) is 0 Å². The molecule has 1 aromatic heterocycles. The maximum Gasteiger partial charge on any atom is 0.337 e. The summed E-state index contributed by atoms with van der Waals surface area (Å²) in [6, 6.07) is 7.15. The summed E-state index contributed by atoms with van der Waals surface area (Å²) in [6.45, 7) is 0.316. The van der Waals surface area contributed by atoms with E-state index in [4.69, 9.17) is 16.7 Å². The normalized spacial score (nSPS) is 10.1. The van der Waals surface area contributed by atoms with Gasteiger partial charge in [-0.25, -0.2) is 9.78 Å². The van der Waals surface area contributed by atoms with Crippen LogP contribution >= 0.6 is 11.6 Å². The van der Waals surface area contributed by atoms with Crippen LogP contribution < -0.4 is 5.32 Å². The van der Waals surface area contributed by atoms with Crippen LogP contribution in [0.25, 0.3) is 0 Å².